The van der Waals surface area contributed by atoms with Crippen molar-refractivity contribution < 1.29 is 19.7 Å². The van der Waals surface area contributed by atoms with Crippen molar-refractivity contribution in [2.24, 2.45) is 0 Å². The van der Waals surface area contributed by atoms with Crippen molar-refractivity contribution in [1.29, 1.82) is 0 Å². The van der Waals surface area contributed by atoms with Gasteiger partial charge in [0.2, 0.25) is 0 Å². The first kappa shape index (κ1) is 13.0. The topological polar surface area (TPSA) is 58.9 Å². The number of ether oxygens (including phenoxy) is 2. The van der Waals surface area contributed by atoms with Gasteiger partial charge in [-0.1, -0.05) is 18.2 Å². The number of aryl methyl sites for hydroxylation is 1. The lowest BCUT2D eigenvalue weighted by atomic mass is 10.0. The van der Waals surface area contributed by atoms with Crippen LogP contribution in [0.4, 0.5) is 0 Å². The fourth-order valence-corrected chi connectivity index (χ4v) is 3.20. The molecule has 1 aliphatic rings. The molecular formula is C15H14O4S. The van der Waals surface area contributed by atoms with Gasteiger partial charge in [-0.3, -0.25) is 0 Å². The molecule has 1 aliphatic heterocycles. The number of hydrogen-bond donors (Lipinski definition) is 2. The summed E-state index contributed by atoms with van der Waals surface area (Å²) in [5.74, 6) is 0.0854. The number of hydrogen-bond acceptors (Lipinski definition) is 5. The molecule has 1 aromatic heterocycles. The fourth-order valence-electron chi connectivity index (χ4n) is 2.17. The summed E-state index contributed by atoms with van der Waals surface area (Å²) in [5.41, 5.74) is 1.25. The number of aliphatic hydroxyl groups is 1. The summed E-state index contributed by atoms with van der Waals surface area (Å²) in [6, 6.07) is 8.64. The first-order valence-corrected chi connectivity index (χ1v) is 7.00. The molecule has 2 heterocycles. The van der Waals surface area contributed by atoms with Crippen LogP contribution in [0.15, 0.2) is 42.9 Å². The van der Waals surface area contributed by atoms with Crippen molar-refractivity contribution in [1.82, 2.24) is 0 Å². The van der Waals surface area contributed by atoms with E-state index >= 15 is 0 Å². The predicted molar refractivity (Wildman–Crippen MR) is 75.3 cm³/mol. The monoisotopic (exact) mass is 290 g/mol. The van der Waals surface area contributed by atoms with E-state index in [-0.39, 0.29) is 5.75 Å². The van der Waals surface area contributed by atoms with Crippen molar-refractivity contribution in [2.75, 3.05) is 0 Å². The standard InChI is InChI=1S/C15H14O4S/c1-9-11(8-13(20-9)15-18-6-7-19-15)14(17)10-4-2-3-5-12(10)16/h2-8,14-17H,1H3. The first-order valence-electron chi connectivity index (χ1n) is 6.19. The molecule has 1 aromatic carbocycles. The van der Waals surface area contributed by atoms with E-state index in [1.807, 2.05) is 13.0 Å². The maximum absolute atomic E-state index is 10.5. The summed E-state index contributed by atoms with van der Waals surface area (Å²) in [4.78, 5) is 1.85. The highest BCUT2D eigenvalue weighted by atomic mass is 32.1. The second-order valence-corrected chi connectivity index (χ2v) is 5.79. The quantitative estimate of drug-likeness (QED) is 0.910. The second-order valence-electron chi connectivity index (χ2n) is 4.50. The summed E-state index contributed by atoms with van der Waals surface area (Å²) in [6.45, 7) is 1.93. The van der Waals surface area contributed by atoms with Gasteiger partial charge in [-0.15, -0.1) is 11.3 Å². The molecule has 0 aliphatic carbocycles. The number of para-hydroxylation sites is 1. The summed E-state index contributed by atoms with van der Waals surface area (Å²) in [7, 11) is 0. The zero-order valence-electron chi connectivity index (χ0n) is 10.8. The normalized spacial score (nSPS) is 15.9. The minimum Gasteiger partial charge on any atom is -0.508 e. The van der Waals surface area contributed by atoms with Gasteiger partial charge in [-0.2, -0.15) is 0 Å². The van der Waals surface area contributed by atoms with Gasteiger partial charge in [0.15, 0.2) is 0 Å². The van der Waals surface area contributed by atoms with Gasteiger partial charge in [-0.05, 0) is 24.6 Å². The Kier molecular flexibility index (Phi) is 3.38. The Morgan fingerprint density at radius 3 is 2.55 bits per heavy atom. The molecule has 2 aromatic rings. The van der Waals surface area contributed by atoms with Gasteiger partial charge in [0.1, 0.15) is 24.4 Å². The number of aromatic hydroxyl groups is 1. The summed E-state index contributed by atoms with van der Waals surface area (Å²) >= 11 is 1.51. The largest absolute Gasteiger partial charge is 0.508 e. The molecule has 0 fully saturated rings. The zero-order chi connectivity index (χ0) is 14.1. The molecule has 3 rings (SSSR count). The SMILES string of the molecule is Cc1sc(C2OC=CO2)cc1C(O)c1ccccc1O. The van der Waals surface area contributed by atoms with Crippen molar-refractivity contribution in [3.05, 3.63) is 63.7 Å². The number of rotatable bonds is 3. The van der Waals surface area contributed by atoms with E-state index in [1.165, 1.54) is 23.9 Å². The molecule has 0 saturated heterocycles. The number of phenols is 1. The maximum atomic E-state index is 10.5. The van der Waals surface area contributed by atoms with Crippen molar-refractivity contribution in [3.63, 3.8) is 0 Å². The summed E-state index contributed by atoms with van der Waals surface area (Å²) in [5, 5.41) is 20.3. The van der Waals surface area contributed by atoms with Crippen LogP contribution in [0.1, 0.15) is 33.3 Å². The predicted octanol–water partition coefficient (Wildman–Crippen LogP) is 3.36. The average molecular weight is 290 g/mol. The van der Waals surface area contributed by atoms with Crippen LogP contribution in [0.3, 0.4) is 0 Å². The van der Waals surface area contributed by atoms with Gasteiger partial charge in [0.25, 0.3) is 6.29 Å². The number of benzene rings is 1. The Balaban J connectivity index is 1.92. The highest BCUT2D eigenvalue weighted by Gasteiger charge is 2.24. The van der Waals surface area contributed by atoms with Gasteiger partial charge >= 0.3 is 0 Å². The second kappa shape index (κ2) is 5.19. The van der Waals surface area contributed by atoms with Gasteiger partial charge < -0.3 is 19.7 Å². The van der Waals surface area contributed by atoms with Gasteiger partial charge in [0, 0.05) is 10.4 Å². The molecule has 0 saturated carbocycles. The lowest BCUT2D eigenvalue weighted by Crippen LogP contribution is -2.00. The molecule has 4 nitrogen and oxygen atoms in total. The minimum atomic E-state index is -0.865. The number of thiophene rings is 1. The smallest absolute Gasteiger partial charge is 0.275 e. The lowest BCUT2D eigenvalue weighted by molar-refractivity contribution is -0.0217. The third-order valence-electron chi connectivity index (χ3n) is 3.19. The molecule has 0 radical (unpaired) electrons. The van der Waals surface area contributed by atoms with E-state index in [2.05, 4.69) is 0 Å². The van der Waals surface area contributed by atoms with Crippen LogP contribution in [0.25, 0.3) is 0 Å². The zero-order valence-corrected chi connectivity index (χ0v) is 11.6. The Morgan fingerprint density at radius 1 is 1.15 bits per heavy atom. The lowest BCUT2D eigenvalue weighted by Gasteiger charge is -2.12. The molecule has 0 bridgehead atoms. The maximum Gasteiger partial charge on any atom is 0.275 e. The van der Waals surface area contributed by atoms with Crippen molar-refractivity contribution in [2.45, 2.75) is 19.3 Å². The van der Waals surface area contributed by atoms with Crippen LogP contribution >= 0.6 is 11.3 Å². The summed E-state index contributed by atoms with van der Waals surface area (Å²) < 4.78 is 10.6. The van der Waals surface area contributed by atoms with Gasteiger partial charge in [-0.25, -0.2) is 0 Å². The molecule has 0 spiro atoms. The Bertz CT molecular complexity index is 639. The van der Waals surface area contributed by atoms with Crippen LogP contribution in [0, 0.1) is 6.92 Å². The van der Waals surface area contributed by atoms with Crippen LogP contribution in [0.5, 0.6) is 5.75 Å². The van der Waals surface area contributed by atoms with Crippen LogP contribution in [-0.2, 0) is 9.47 Å². The fraction of sp³-hybridized carbons (Fsp3) is 0.200. The number of aliphatic hydroxyl groups excluding tert-OH is 1. The molecule has 104 valence electrons. The molecule has 2 N–H and O–H groups in total. The van der Waals surface area contributed by atoms with E-state index < -0.39 is 12.4 Å². The Hall–Kier alpha value is -1.98. The van der Waals surface area contributed by atoms with E-state index in [0.29, 0.717) is 5.56 Å². The molecular weight excluding hydrogens is 276 g/mol. The average Bonchev–Trinajstić information content (AvgIpc) is 3.07. The molecule has 20 heavy (non-hydrogen) atoms. The highest BCUT2D eigenvalue weighted by Crippen LogP contribution is 2.38. The van der Waals surface area contributed by atoms with Crippen molar-refractivity contribution >= 4 is 11.3 Å². The summed E-state index contributed by atoms with van der Waals surface area (Å²) in [6.07, 6.45) is 1.69. The number of phenolic OH excluding ortho intramolecular Hbond substituents is 1. The van der Waals surface area contributed by atoms with Crippen LogP contribution < -0.4 is 0 Å². The Morgan fingerprint density at radius 2 is 1.85 bits per heavy atom. The molecule has 0 amide bonds. The van der Waals surface area contributed by atoms with E-state index in [1.54, 1.807) is 24.3 Å². The minimum absolute atomic E-state index is 0.0854. The van der Waals surface area contributed by atoms with E-state index in [9.17, 15) is 10.2 Å². The molecule has 1 atom stereocenters. The third-order valence-corrected chi connectivity index (χ3v) is 4.28. The van der Waals surface area contributed by atoms with E-state index in [0.717, 1.165) is 15.3 Å². The Labute approximate surface area is 120 Å². The third kappa shape index (κ3) is 2.26. The first-order chi connectivity index (χ1) is 9.66. The van der Waals surface area contributed by atoms with Crippen molar-refractivity contribution in [3.8, 4) is 5.75 Å². The molecule has 5 heteroatoms. The van der Waals surface area contributed by atoms with Crippen LogP contribution in [-0.4, -0.2) is 10.2 Å². The highest BCUT2D eigenvalue weighted by molar-refractivity contribution is 7.12. The van der Waals surface area contributed by atoms with E-state index in [4.69, 9.17) is 9.47 Å². The van der Waals surface area contributed by atoms with Gasteiger partial charge in [0.05, 0.1) is 4.88 Å². The molecule has 1 unspecified atom stereocenters. The van der Waals surface area contributed by atoms with Crippen LogP contribution in [0.2, 0.25) is 0 Å².